The number of hydrogen-bond donors (Lipinski definition) is 3. The molecule has 38 heavy (non-hydrogen) atoms. The number of carbonyl (C=O) groups excluding carboxylic acids is 2. The summed E-state index contributed by atoms with van der Waals surface area (Å²) in [7, 11) is 0. The Hall–Kier alpha value is -3.63. The maximum Gasteiger partial charge on any atom is 0.343 e. The fourth-order valence-electron chi connectivity index (χ4n) is 6.54. The molecule has 1 saturated carbocycles. The number of benzene rings is 1. The average Bonchev–Trinajstić information content (AvgIpc) is 3.63. The van der Waals surface area contributed by atoms with Crippen LogP contribution in [0.5, 0.6) is 0 Å². The highest BCUT2D eigenvalue weighted by Gasteiger charge is 2.49. The lowest BCUT2D eigenvalue weighted by molar-refractivity contribution is -0.173. The number of carbonyl (C=O) groups is 2. The molecule has 0 radical (unpaired) electrons. The number of fused-ring (bicyclic) bond motifs is 5. The van der Waals surface area contributed by atoms with E-state index >= 15 is 0 Å². The maximum atomic E-state index is 14.9. The van der Waals surface area contributed by atoms with Crippen molar-refractivity contribution in [1.29, 1.82) is 0 Å². The summed E-state index contributed by atoms with van der Waals surface area (Å²) in [5.74, 6) is -1.48. The Morgan fingerprint density at radius 3 is 2.76 bits per heavy atom. The molecule has 3 N–H and O–H groups in total. The van der Waals surface area contributed by atoms with Gasteiger partial charge in [0.2, 0.25) is 5.91 Å². The zero-order chi connectivity index (χ0) is 26.5. The third kappa shape index (κ3) is 3.16. The highest BCUT2D eigenvalue weighted by atomic mass is 19.1. The summed E-state index contributed by atoms with van der Waals surface area (Å²) < 4.78 is 21.8. The predicted molar refractivity (Wildman–Crippen MR) is 133 cm³/mol. The van der Waals surface area contributed by atoms with Crippen molar-refractivity contribution < 1.29 is 28.9 Å². The number of cyclic esters (lactones) is 1. The third-order valence-electron chi connectivity index (χ3n) is 8.63. The van der Waals surface area contributed by atoms with Gasteiger partial charge < -0.3 is 24.8 Å². The number of rotatable bonds is 4. The molecule has 0 bridgehead atoms. The third-order valence-corrected chi connectivity index (χ3v) is 8.63. The second-order valence-electron chi connectivity index (χ2n) is 10.9. The van der Waals surface area contributed by atoms with Crippen molar-refractivity contribution in [3.8, 4) is 11.4 Å². The average molecular weight is 520 g/mol. The minimum atomic E-state index is -1.91. The zero-order valence-electron chi connectivity index (χ0n) is 20.8. The summed E-state index contributed by atoms with van der Waals surface area (Å²) in [4.78, 5) is 43.5. The number of hydrogen-bond acceptors (Lipinski definition) is 7. The zero-order valence-corrected chi connectivity index (χ0v) is 20.8. The van der Waals surface area contributed by atoms with Crippen LogP contribution in [0.4, 0.5) is 4.39 Å². The van der Waals surface area contributed by atoms with Crippen molar-refractivity contribution in [3.63, 3.8) is 0 Å². The second-order valence-corrected chi connectivity index (χ2v) is 10.9. The summed E-state index contributed by atoms with van der Waals surface area (Å²) in [6, 6.07) is 2.57. The molecular formula is C28H26FN3O6. The monoisotopic (exact) mass is 519 g/mol. The molecule has 3 aromatic rings. The van der Waals surface area contributed by atoms with Gasteiger partial charge in [0, 0.05) is 22.6 Å². The van der Waals surface area contributed by atoms with E-state index in [1.807, 2.05) is 0 Å². The van der Waals surface area contributed by atoms with Gasteiger partial charge in [-0.15, -0.1) is 0 Å². The number of pyridine rings is 2. The van der Waals surface area contributed by atoms with Gasteiger partial charge in [-0.1, -0.05) is 12.8 Å². The molecule has 2 aliphatic heterocycles. The van der Waals surface area contributed by atoms with Gasteiger partial charge in [0.15, 0.2) is 5.60 Å². The first-order valence-corrected chi connectivity index (χ1v) is 12.9. The Morgan fingerprint density at radius 2 is 2.03 bits per heavy atom. The van der Waals surface area contributed by atoms with Crippen LogP contribution in [0, 0.1) is 18.7 Å². The summed E-state index contributed by atoms with van der Waals surface area (Å²) in [5.41, 5.74) is 2.35. The largest absolute Gasteiger partial charge is 0.458 e. The van der Waals surface area contributed by atoms with Crippen molar-refractivity contribution in [2.45, 2.75) is 63.8 Å². The van der Waals surface area contributed by atoms with Crippen molar-refractivity contribution in [2.24, 2.45) is 5.92 Å². The number of aliphatic hydroxyl groups is 2. The van der Waals surface area contributed by atoms with Crippen LogP contribution in [0.25, 0.3) is 22.3 Å². The van der Waals surface area contributed by atoms with E-state index in [1.54, 1.807) is 17.6 Å². The van der Waals surface area contributed by atoms with Crippen LogP contribution in [0.15, 0.2) is 16.9 Å². The second kappa shape index (κ2) is 7.94. The molecule has 1 aromatic carbocycles. The number of nitrogens with zero attached hydrogens (tertiary/aromatic N) is 2. The number of nitrogens with one attached hydrogen (secondary N) is 1. The van der Waals surface area contributed by atoms with Gasteiger partial charge in [0.05, 0.1) is 35.1 Å². The highest BCUT2D eigenvalue weighted by molar-refractivity contribution is 5.94. The molecule has 4 aliphatic rings. The van der Waals surface area contributed by atoms with Crippen LogP contribution in [-0.2, 0) is 39.5 Å². The summed E-state index contributed by atoms with van der Waals surface area (Å²) in [6.07, 6.45) is 3.03. The number of amides is 1. The molecule has 1 amide bonds. The minimum absolute atomic E-state index is 0.172. The summed E-state index contributed by atoms with van der Waals surface area (Å²) in [5, 5.41) is 24.5. The van der Waals surface area contributed by atoms with E-state index in [-0.39, 0.29) is 48.0 Å². The van der Waals surface area contributed by atoms with Gasteiger partial charge in [0.25, 0.3) is 5.56 Å². The molecule has 0 spiro atoms. The van der Waals surface area contributed by atoms with E-state index in [1.165, 1.54) is 6.07 Å². The van der Waals surface area contributed by atoms with Gasteiger partial charge in [-0.05, 0) is 54.9 Å². The molecule has 10 heteroatoms. The Balaban J connectivity index is 1.49. The fraction of sp³-hybridized carbons (Fsp3) is 0.429. The Labute approximate surface area is 216 Å². The quantitative estimate of drug-likeness (QED) is 0.352. The lowest BCUT2D eigenvalue weighted by atomic mass is 9.81. The number of aryl methyl sites for hydroxylation is 1. The first kappa shape index (κ1) is 23.5. The Morgan fingerprint density at radius 1 is 1.24 bits per heavy atom. The van der Waals surface area contributed by atoms with Crippen LogP contribution in [0.1, 0.15) is 65.1 Å². The molecule has 7 rings (SSSR count). The van der Waals surface area contributed by atoms with Gasteiger partial charge in [-0.3, -0.25) is 9.59 Å². The Bertz CT molecular complexity index is 1660. The van der Waals surface area contributed by atoms with E-state index in [4.69, 9.17) is 9.72 Å². The number of aliphatic hydroxyl groups excluding tert-OH is 1. The molecule has 2 aromatic heterocycles. The van der Waals surface area contributed by atoms with Crippen LogP contribution in [0.2, 0.25) is 0 Å². The molecule has 4 heterocycles. The van der Waals surface area contributed by atoms with Gasteiger partial charge in [-0.2, -0.15) is 0 Å². The lowest BCUT2D eigenvalue weighted by Crippen LogP contribution is -2.45. The standard InChI is InChI=1S/C28H26FN3O6/c1-12-14-4-5-19(30-22(34)10-33)24-15-9-32-21(25(15)31-20(23(14)24)7-18(12)29)6-17-16(26(32)35)11-38-27(36)28(17,37)8-13-2-3-13/h6-7,13,19,33,37H,2-5,8-11H2,1H3,(H,30,34)/t19-,28-/m0/s1. The van der Waals surface area contributed by atoms with Crippen LogP contribution < -0.4 is 10.9 Å². The smallest absolute Gasteiger partial charge is 0.343 e. The minimum Gasteiger partial charge on any atom is -0.458 e. The van der Waals surface area contributed by atoms with Gasteiger partial charge in [0.1, 0.15) is 19.0 Å². The fourth-order valence-corrected chi connectivity index (χ4v) is 6.54. The van der Waals surface area contributed by atoms with E-state index < -0.39 is 30.1 Å². The van der Waals surface area contributed by atoms with Crippen LogP contribution >= 0.6 is 0 Å². The molecular weight excluding hydrogens is 493 g/mol. The number of halogens is 1. The number of ether oxygens (including phenoxy) is 1. The topological polar surface area (TPSA) is 131 Å². The summed E-state index contributed by atoms with van der Waals surface area (Å²) >= 11 is 0. The van der Waals surface area contributed by atoms with E-state index in [0.717, 1.165) is 34.9 Å². The first-order valence-electron chi connectivity index (χ1n) is 12.9. The normalized spacial score (nSPS) is 23.1. The molecule has 0 saturated heterocycles. The number of aromatic nitrogens is 2. The van der Waals surface area contributed by atoms with Crippen LogP contribution in [0.3, 0.4) is 0 Å². The highest BCUT2D eigenvalue weighted by Crippen LogP contribution is 2.47. The van der Waals surface area contributed by atoms with E-state index in [9.17, 15) is 29.0 Å². The molecule has 196 valence electrons. The van der Waals surface area contributed by atoms with Crippen molar-refractivity contribution in [1.82, 2.24) is 14.9 Å². The van der Waals surface area contributed by atoms with Crippen molar-refractivity contribution >= 4 is 22.8 Å². The lowest BCUT2D eigenvalue weighted by Gasteiger charge is -2.32. The van der Waals surface area contributed by atoms with E-state index in [0.29, 0.717) is 35.3 Å². The maximum absolute atomic E-state index is 14.9. The molecule has 0 unspecified atom stereocenters. The first-order chi connectivity index (χ1) is 18.2. The number of esters is 1. The SMILES string of the molecule is Cc1c(F)cc2nc3c(c4c2c1CC[C@@H]4NC(=O)CO)Cn1c-3cc2c(c1=O)COC(=O)[C@]2(O)CC1CC1. The molecule has 9 nitrogen and oxygen atoms in total. The summed E-state index contributed by atoms with van der Waals surface area (Å²) in [6.45, 7) is 1.01. The van der Waals surface area contributed by atoms with Gasteiger partial charge in [-0.25, -0.2) is 14.2 Å². The van der Waals surface area contributed by atoms with Crippen LogP contribution in [-0.4, -0.2) is 38.2 Å². The van der Waals surface area contributed by atoms with E-state index in [2.05, 4.69) is 5.32 Å². The molecule has 1 fully saturated rings. The predicted octanol–water partition coefficient (Wildman–Crippen LogP) is 2.01. The molecule has 2 aliphatic carbocycles. The van der Waals surface area contributed by atoms with Crippen molar-refractivity contribution in [2.75, 3.05) is 6.61 Å². The molecule has 2 atom stereocenters. The Kier molecular flexibility index (Phi) is 4.91. The van der Waals surface area contributed by atoms with Crippen molar-refractivity contribution in [3.05, 3.63) is 61.7 Å². The van der Waals surface area contributed by atoms with Gasteiger partial charge >= 0.3 is 5.97 Å².